The number of oxazole rings is 1. The lowest BCUT2D eigenvalue weighted by Crippen LogP contribution is -2.11. The predicted molar refractivity (Wildman–Crippen MR) is 49.7 cm³/mol. The molecular weight excluding hydrogens is 180 g/mol. The number of hydrogen-bond acceptors (Lipinski definition) is 3. The van der Waals surface area contributed by atoms with Crippen LogP contribution in [0.5, 0.6) is 0 Å². The second-order valence-electron chi connectivity index (χ2n) is 2.58. The quantitative estimate of drug-likeness (QED) is 0.778. The summed E-state index contributed by atoms with van der Waals surface area (Å²) in [7, 11) is 0. The number of rotatable bonds is 2. The highest BCUT2D eigenvalue weighted by molar-refractivity contribution is 6.00. The first-order chi connectivity index (χ1) is 6.86. The van der Waals surface area contributed by atoms with Crippen molar-refractivity contribution in [3.8, 4) is 0 Å². The summed E-state index contributed by atoms with van der Waals surface area (Å²) in [6.07, 6.45) is 2.78. The molecule has 0 spiro atoms. The zero-order valence-corrected chi connectivity index (χ0v) is 7.23. The van der Waals surface area contributed by atoms with E-state index in [0.717, 1.165) is 0 Å². The van der Waals surface area contributed by atoms with E-state index in [2.05, 4.69) is 16.4 Å². The molecule has 1 radical (unpaired) electrons. The van der Waals surface area contributed by atoms with Gasteiger partial charge in [0.2, 0.25) is 0 Å². The average Bonchev–Trinajstić information content (AvgIpc) is 2.72. The molecule has 1 aromatic carbocycles. The highest BCUT2D eigenvalue weighted by atomic mass is 16.3. The Balaban J connectivity index is 2.10. The van der Waals surface area contributed by atoms with Crippen molar-refractivity contribution in [1.29, 1.82) is 0 Å². The number of carbonyl (C=O) groups is 1. The lowest BCUT2D eigenvalue weighted by atomic mass is 10.3. The van der Waals surface area contributed by atoms with Gasteiger partial charge in [-0.05, 0) is 18.2 Å². The Morgan fingerprint density at radius 1 is 1.43 bits per heavy atom. The first-order valence-corrected chi connectivity index (χ1v) is 4.03. The lowest BCUT2D eigenvalue weighted by molar-refractivity contribution is 0.0990. The van der Waals surface area contributed by atoms with Crippen LogP contribution in [0.25, 0.3) is 0 Å². The Morgan fingerprint density at radius 3 is 2.86 bits per heavy atom. The van der Waals surface area contributed by atoms with Crippen LogP contribution in [-0.2, 0) is 0 Å². The van der Waals surface area contributed by atoms with E-state index in [0.29, 0.717) is 5.69 Å². The number of amides is 1. The minimum Gasteiger partial charge on any atom is -0.441 e. The van der Waals surface area contributed by atoms with Gasteiger partial charge in [0.1, 0.15) is 6.26 Å². The van der Waals surface area contributed by atoms with Gasteiger partial charge in [0.25, 0.3) is 5.89 Å². The van der Waals surface area contributed by atoms with Crippen LogP contribution in [0.4, 0.5) is 5.69 Å². The molecule has 1 amide bonds. The number of anilines is 1. The molecule has 0 atom stereocenters. The fraction of sp³-hybridized carbons (Fsp3) is 0. The maximum absolute atomic E-state index is 11.4. The molecule has 0 fully saturated rings. The molecule has 4 heteroatoms. The number of aromatic nitrogens is 1. The van der Waals surface area contributed by atoms with E-state index in [-0.39, 0.29) is 11.8 Å². The zero-order chi connectivity index (χ0) is 9.80. The van der Waals surface area contributed by atoms with Crippen LogP contribution >= 0.6 is 0 Å². The van der Waals surface area contributed by atoms with Crippen molar-refractivity contribution >= 4 is 11.6 Å². The SMILES string of the molecule is O=C(Nc1cc[c]cc1)c1ncco1. The first kappa shape index (κ1) is 8.50. The molecule has 0 unspecified atom stereocenters. The first-order valence-electron chi connectivity index (χ1n) is 4.03. The predicted octanol–water partition coefficient (Wildman–Crippen LogP) is 1.73. The van der Waals surface area contributed by atoms with E-state index in [1.807, 2.05) is 0 Å². The van der Waals surface area contributed by atoms with Crippen molar-refractivity contribution in [3.05, 3.63) is 48.7 Å². The number of hydrogen-bond donors (Lipinski definition) is 1. The van der Waals surface area contributed by atoms with E-state index in [4.69, 9.17) is 4.42 Å². The molecule has 1 N–H and O–H groups in total. The lowest BCUT2D eigenvalue weighted by Gasteiger charge is -2.00. The smallest absolute Gasteiger partial charge is 0.311 e. The van der Waals surface area contributed by atoms with E-state index >= 15 is 0 Å². The van der Waals surface area contributed by atoms with Gasteiger partial charge in [-0.1, -0.05) is 12.1 Å². The summed E-state index contributed by atoms with van der Waals surface area (Å²) in [4.78, 5) is 15.1. The molecule has 0 aliphatic carbocycles. The fourth-order valence-electron chi connectivity index (χ4n) is 0.990. The molecule has 0 aliphatic rings. The molecule has 1 heterocycles. The van der Waals surface area contributed by atoms with Crippen molar-refractivity contribution in [1.82, 2.24) is 4.98 Å². The Morgan fingerprint density at radius 2 is 2.21 bits per heavy atom. The van der Waals surface area contributed by atoms with E-state index < -0.39 is 0 Å². The standard InChI is InChI=1S/C10H7N2O2/c13-9(10-11-6-7-14-10)12-8-4-2-1-3-5-8/h2-7H,(H,12,13). The van der Waals surface area contributed by atoms with Crippen molar-refractivity contribution in [2.75, 3.05) is 5.32 Å². The second kappa shape index (κ2) is 3.74. The van der Waals surface area contributed by atoms with Gasteiger partial charge in [-0.2, -0.15) is 0 Å². The minimum absolute atomic E-state index is 0.0535. The van der Waals surface area contributed by atoms with Crippen LogP contribution in [0.2, 0.25) is 0 Å². The number of nitrogens with zero attached hydrogens (tertiary/aromatic N) is 1. The summed E-state index contributed by atoms with van der Waals surface area (Å²) in [5.74, 6) is -0.306. The molecule has 0 saturated carbocycles. The maximum Gasteiger partial charge on any atom is 0.311 e. The maximum atomic E-state index is 11.4. The molecular formula is C10H7N2O2. The molecule has 69 valence electrons. The highest BCUT2D eigenvalue weighted by Crippen LogP contribution is 2.06. The van der Waals surface area contributed by atoms with Crippen LogP contribution in [-0.4, -0.2) is 10.9 Å². The zero-order valence-electron chi connectivity index (χ0n) is 7.23. The number of nitrogens with one attached hydrogen (secondary N) is 1. The summed E-state index contributed by atoms with van der Waals surface area (Å²) in [6, 6.07) is 9.75. The van der Waals surface area contributed by atoms with Gasteiger partial charge in [0.05, 0.1) is 6.20 Å². The van der Waals surface area contributed by atoms with Gasteiger partial charge in [-0.3, -0.25) is 4.79 Å². The molecule has 0 aliphatic heterocycles. The topological polar surface area (TPSA) is 55.1 Å². The monoisotopic (exact) mass is 187 g/mol. The third-order valence-electron chi connectivity index (χ3n) is 1.60. The fourth-order valence-corrected chi connectivity index (χ4v) is 0.990. The average molecular weight is 187 g/mol. The Kier molecular flexibility index (Phi) is 2.27. The van der Waals surface area contributed by atoms with E-state index in [9.17, 15) is 4.79 Å². The van der Waals surface area contributed by atoms with Crippen LogP contribution in [0, 0.1) is 6.07 Å². The third kappa shape index (κ3) is 1.80. The molecule has 2 aromatic rings. The normalized spacial score (nSPS) is 9.71. The number of carbonyl (C=O) groups excluding carboxylic acids is 1. The molecule has 14 heavy (non-hydrogen) atoms. The summed E-state index contributed by atoms with van der Waals surface area (Å²) in [5.41, 5.74) is 0.687. The molecule has 0 saturated heterocycles. The van der Waals surface area contributed by atoms with Crippen LogP contribution in [0.3, 0.4) is 0 Å². The van der Waals surface area contributed by atoms with Crippen LogP contribution < -0.4 is 5.32 Å². The third-order valence-corrected chi connectivity index (χ3v) is 1.60. The van der Waals surface area contributed by atoms with Gasteiger partial charge in [-0.15, -0.1) is 0 Å². The largest absolute Gasteiger partial charge is 0.441 e. The Bertz CT molecular complexity index is 409. The van der Waals surface area contributed by atoms with Crippen molar-refractivity contribution in [3.63, 3.8) is 0 Å². The second-order valence-corrected chi connectivity index (χ2v) is 2.58. The van der Waals surface area contributed by atoms with Crippen LogP contribution in [0.15, 0.2) is 41.1 Å². The van der Waals surface area contributed by atoms with E-state index in [1.54, 1.807) is 24.3 Å². The summed E-state index contributed by atoms with van der Waals surface area (Å²) < 4.78 is 4.84. The van der Waals surface area contributed by atoms with Gasteiger partial charge < -0.3 is 9.73 Å². The van der Waals surface area contributed by atoms with E-state index in [1.165, 1.54) is 12.5 Å². The summed E-state index contributed by atoms with van der Waals surface area (Å²) >= 11 is 0. The Labute approximate surface area is 80.6 Å². The van der Waals surface area contributed by atoms with Gasteiger partial charge >= 0.3 is 5.91 Å². The minimum atomic E-state index is -0.360. The van der Waals surface area contributed by atoms with Gasteiger partial charge in [-0.25, -0.2) is 4.98 Å². The highest BCUT2D eigenvalue weighted by Gasteiger charge is 2.09. The molecule has 2 rings (SSSR count). The molecule has 0 bridgehead atoms. The summed E-state index contributed by atoms with van der Waals surface area (Å²) in [6.45, 7) is 0. The van der Waals surface area contributed by atoms with Crippen LogP contribution in [0.1, 0.15) is 10.7 Å². The molecule has 1 aromatic heterocycles. The Hall–Kier alpha value is -2.10. The van der Waals surface area contributed by atoms with Gasteiger partial charge in [0.15, 0.2) is 0 Å². The van der Waals surface area contributed by atoms with Gasteiger partial charge in [0, 0.05) is 5.69 Å². The number of benzene rings is 1. The van der Waals surface area contributed by atoms with Crippen molar-refractivity contribution in [2.45, 2.75) is 0 Å². The summed E-state index contributed by atoms with van der Waals surface area (Å²) in [5, 5.41) is 2.63. The van der Waals surface area contributed by atoms with Crippen molar-refractivity contribution in [2.24, 2.45) is 0 Å². The molecule has 4 nitrogen and oxygen atoms in total. The van der Waals surface area contributed by atoms with Crippen molar-refractivity contribution < 1.29 is 9.21 Å².